The molecule has 1 saturated heterocycles. The number of nitrogens with zero attached hydrogens (tertiary/aromatic N) is 6. The zero-order valence-electron chi connectivity index (χ0n) is 22.6. The van der Waals surface area contributed by atoms with Crippen molar-refractivity contribution < 1.29 is 23.1 Å². The number of rotatable bonds is 7. The number of hydrogen-bond donors (Lipinski definition) is 1. The van der Waals surface area contributed by atoms with Crippen molar-refractivity contribution in [3.05, 3.63) is 70.8 Å². The summed E-state index contributed by atoms with van der Waals surface area (Å²) in [6.07, 6.45) is 10.00. The first-order valence-corrected chi connectivity index (χ1v) is 13.1. The summed E-state index contributed by atoms with van der Waals surface area (Å²) < 4.78 is 33.8. The van der Waals surface area contributed by atoms with Gasteiger partial charge in [0.05, 0.1) is 17.3 Å². The Morgan fingerprint density at radius 2 is 1.80 bits per heavy atom. The van der Waals surface area contributed by atoms with Gasteiger partial charge in [0.25, 0.3) is 0 Å². The fourth-order valence-corrected chi connectivity index (χ4v) is 4.78. The Balaban J connectivity index is 1.09. The second-order valence-corrected chi connectivity index (χ2v) is 11.2. The van der Waals surface area contributed by atoms with Gasteiger partial charge < -0.3 is 15.0 Å². The zero-order valence-corrected chi connectivity index (χ0v) is 22.6. The molecule has 10 nitrogen and oxygen atoms in total. The number of carbonyl (C=O) groups is 2. The minimum absolute atomic E-state index is 0.00808. The lowest BCUT2D eigenvalue weighted by Crippen LogP contribution is -2.26. The van der Waals surface area contributed by atoms with E-state index in [1.54, 1.807) is 50.3 Å². The summed E-state index contributed by atoms with van der Waals surface area (Å²) in [6.45, 7) is 6.45. The van der Waals surface area contributed by atoms with Gasteiger partial charge in [0.2, 0.25) is 11.9 Å². The third-order valence-electron chi connectivity index (χ3n) is 7.01. The molecule has 3 heterocycles. The average Bonchev–Trinajstić information content (AvgIpc) is 3.66. The summed E-state index contributed by atoms with van der Waals surface area (Å²) >= 11 is 0. The lowest BCUT2D eigenvalue weighted by atomic mass is 9.98. The third kappa shape index (κ3) is 6.32. The maximum Gasteiger partial charge on any atom is 0.313 e. The van der Waals surface area contributed by atoms with E-state index in [1.165, 1.54) is 22.9 Å². The lowest BCUT2D eigenvalue weighted by molar-refractivity contribution is -0.157. The van der Waals surface area contributed by atoms with E-state index < -0.39 is 17.0 Å². The van der Waals surface area contributed by atoms with Crippen LogP contribution in [0.15, 0.2) is 36.8 Å². The Labute approximate surface area is 230 Å². The fraction of sp³-hybridized carbons (Fsp3) is 0.429. The number of halogens is 2. The van der Waals surface area contributed by atoms with Crippen LogP contribution in [0, 0.1) is 17.0 Å². The van der Waals surface area contributed by atoms with Crippen molar-refractivity contribution in [3.63, 3.8) is 0 Å². The molecule has 1 aromatic carbocycles. The monoisotopic (exact) mass is 551 g/mol. The first-order chi connectivity index (χ1) is 19.0. The lowest BCUT2D eigenvalue weighted by Gasteiger charge is -2.16. The summed E-state index contributed by atoms with van der Waals surface area (Å²) in [7, 11) is 0. The van der Waals surface area contributed by atoms with Crippen LogP contribution in [0.4, 0.5) is 14.7 Å². The number of amides is 1. The number of anilines is 1. The van der Waals surface area contributed by atoms with Crippen LogP contribution < -0.4 is 5.32 Å². The number of benzene rings is 1. The van der Waals surface area contributed by atoms with Crippen molar-refractivity contribution in [2.45, 2.75) is 58.7 Å². The summed E-state index contributed by atoms with van der Waals surface area (Å²) in [5.74, 6) is -1.66. The fourth-order valence-electron chi connectivity index (χ4n) is 4.78. The van der Waals surface area contributed by atoms with E-state index in [9.17, 15) is 18.4 Å². The van der Waals surface area contributed by atoms with E-state index in [2.05, 4.69) is 25.6 Å². The summed E-state index contributed by atoms with van der Waals surface area (Å²) in [5, 5.41) is 11.4. The highest BCUT2D eigenvalue weighted by atomic mass is 19.2. The molecule has 1 aliphatic heterocycles. The molecule has 1 atom stereocenters. The Morgan fingerprint density at radius 1 is 1.12 bits per heavy atom. The molecule has 1 fully saturated rings. The largest absolute Gasteiger partial charge is 0.442 e. The van der Waals surface area contributed by atoms with Crippen molar-refractivity contribution in [1.29, 1.82) is 0 Å². The Morgan fingerprint density at radius 3 is 2.45 bits per heavy atom. The highest BCUT2D eigenvalue weighted by molar-refractivity contribution is 5.92. The number of aromatic nitrogens is 5. The normalized spacial score (nSPS) is 17.4. The van der Waals surface area contributed by atoms with Gasteiger partial charge >= 0.3 is 5.97 Å². The van der Waals surface area contributed by atoms with Crippen molar-refractivity contribution >= 4 is 23.9 Å². The molecule has 40 heavy (non-hydrogen) atoms. The second kappa shape index (κ2) is 11.1. The first kappa shape index (κ1) is 27.4. The summed E-state index contributed by atoms with van der Waals surface area (Å²) in [5.41, 5.74) is 2.39. The topological polar surface area (TPSA) is 115 Å². The molecule has 12 heteroatoms. The van der Waals surface area contributed by atoms with Gasteiger partial charge in [0, 0.05) is 49.1 Å². The van der Waals surface area contributed by atoms with Crippen LogP contribution in [-0.4, -0.2) is 60.9 Å². The van der Waals surface area contributed by atoms with Crippen molar-refractivity contribution in [1.82, 2.24) is 29.9 Å². The van der Waals surface area contributed by atoms with E-state index in [-0.39, 0.29) is 30.6 Å². The molecular weight excluding hydrogens is 520 g/mol. The van der Waals surface area contributed by atoms with Gasteiger partial charge in [-0.3, -0.25) is 9.59 Å². The van der Waals surface area contributed by atoms with E-state index in [0.29, 0.717) is 37.4 Å². The van der Waals surface area contributed by atoms with Crippen LogP contribution in [0.1, 0.15) is 55.5 Å². The second-order valence-electron chi connectivity index (χ2n) is 11.2. The molecule has 0 spiro atoms. The van der Waals surface area contributed by atoms with Crippen molar-refractivity contribution in [3.8, 4) is 0 Å². The van der Waals surface area contributed by atoms with Gasteiger partial charge in [-0.15, -0.1) is 5.10 Å². The zero-order chi connectivity index (χ0) is 28.4. The molecule has 5 rings (SSSR count). The molecule has 0 radical (unpaired) electrons. The smallest absolute Gasteiger partial charge is 0.313 e. The molecule has 2 aromatic heterocycles. The Kier molecular flexibility index (Phi) is 7.59. The van der Waals surface area contributed by atoms with Crippen LogP contribution in [0.3, 0.4) is 0 Å². The molecule has 0 bridgehead atoms. The average molecular weight is 552 g/mol. The van der Waals surface area contributed by atoms with Crippen molar-refractivity contribution in [2.75, 3.05) is 18.4 Å². The van der Waals surface area contributed by atoms with E-state index in [1.807, 2.05) is 0 Å². The minimum Gasteiger partial charge on any atom is -0.442 e. The maximum absolute atomic E-state index is 13.5. The number of carbonyl (C=O) groups excluding carboxylic acids is 2. The molecule has 1 unspecified atom stereocenters. The third-order valence-corrected chi connectivity index (χ3v) is 7.01. The summed E-state index contributed by atoms with van der Waals surface area (Å²) in [6, 6.07) is 2.44. The molecular formula is C28H31F2N7O3. The predicted molar refractivity (Wildman–Crippen MR) is 142 cm³/mol. The molecule has 210 valence electrons. The number of esters is 1. The molecule has 1 N–H and O–H groups in total. The molecule has 3 aromatic rings. The number of fused-ring (bicyclic) bond motifs is 1. The maximum atomic E-state index is 13.5. The standard InChI is InChI=1S/C28H31F2N7O3/c1-28(2,3)26(39)40-16-37-15-24(34-35-37)18-6-7-36(14-18)25(38)5-4-17-12-31-27(32-13-17)33-21-8-19-10-22(29)23(30)11-20(19)9-21/h4-5,10-13,15,18,21H,6-9,14,16H2,1-3H3,(H,31,32,33)/b5-4+. The quantitative estimate of drug-likeness (QED) is 0.351. The number of likely N-dealkylation sites (tertiary alicyclic amines) is 1. The van der Waals surface area contributed by atoms with Crippen LogP contribution in [-0.2, 0) is 33.9 Å². The van der Waals surface area contributed by atoms with Gasteiger partial charge in [-0.05, 0) is 69.4 Å². The molecule has 1 aliphatic carbocycles. The van der Waals surface area contributed by atoms with Gasteiger partial charge in [-0.25, -0.2) is 23.4 Å². The van der Waals surface area contributed by atoms with Crippen LogP contribution in [0.2, 0.25) is 0 Å². The molecule has 1 amide bonds. The molecule has 2 aliphatic rings. The van der Waals surface area contributed by atoms with E-state index in [4.69, 9.17) is 4.74 Å². The number of nitrogens with one attached hydrogen (secondary N) is 1. The van der Waals surface area contributed by atoms with Gasteiger partial charge in [0.1, 0.15) is 0 Å². The Bertz CT molecular complexity index is 1400. The van der Waals surface area contributed by atoms with E-state index in [0.717, 1.165) is 23.2 Å². The van der Waals surface area contributed by atoms with Crippen LogP contribution in [0.5, 0.6) is 0 Å². The highest BCUT2D eigenvalue weighted by Crippen LogP contribution is 2.27. The highest BCUT2D eigenvalue weighted by Gasteiger charge is 2.29. The van der Waals surface area contributed by atoms with Gasteiger partial charge in [-0.1, -0.05) is 5.21 Å². The van der Waals surface area contributed by atoms with E-state index >= 15 is 0 Å². The van der Waals surface area contributed by atoms with Gasteiger partial charge in [0.15, 0.2) is 18.4 Å². The first-order valence-electron chi connectivity index (χ1n) is 13.1. The predicted octanol–water partition coefficient (Wildman–Crippen LogP) is 3.50. The van der Waals surface area contributed by atoms with Crippen LogP contribution in [0.25, 0.3) is 6.08 Å². The summed E-state index contributed by atoms with van der Waals surface area (Å²) in [4.78, 5) is 35.1. The SMILES string of the molecule is CC(C)(C)C(=O)OCn1cc(C2CCN(C(=O)/C=C/c3cnc(NC4Cc5cc(F)c(F)cc5C4)nc3)C2)nn1. The van der Waals surface area contributed by atoms with Crippen LogP contribution >= 0.6 is 0 Å². The van der Waals surface area contributed by atoms with Crippen molar-refractivity contribution in [2.24, 2.45) is 5.41 Å². The number of hydrogen-bond acceptors (Lipinski definition) is 8. The minimum atomic E-state index is -0.838. The Hall–Kier alpha value is -4.22. The molecule has 0 saturated carbocycles. The number of ether oxygens (including phenoxy) is 1. The van der Waals surface area contributed by atoms with Gasteiger partial charge in [-0.2, -0.15) is 0 Å².